The summed E-state index contributed by atoms with van der Waals surface area (Å²) in [6, 6.07) is 18.7. The van der Waals surface area contributed by atoms with Gasteiger partial charge in [0.1, 0.15) is 12.4 Å². The van der Waals surface area contributed by atoms with Crippen LogP contribution in [0.15, 0.2) is 60.8 Å². The average molecular weight is 502 g/mol. The number of hydrogen-bond acceptors (Lipinski definition) is 8. The van der Waals surface area contributed by atoms with Crippen molar-refractivity contribution in [1.29, 1.82) is 0 Å². The molecule has 3 heterocycles. The van der Waals surface area contributed by atoms with Gasteiger partial charge < -0.3 is 20.1 Å². The molecule has 1 aliphatic heterocycles. The Balaban J connectivity index is 1.35. The molecular formula is C28H35N7O2. The van der Waals surface area contributed by atoms with Crippen LogP contribution in [0.2, 0.25) is 0 Å². The van der Waals surface area contributed by atoms with E-state index in [0.717, 1.165) is 80.3 Å². The van der Waals surface area contributed by atoms with Gasteiger partial charge in [-0.1, -0.05) is 49.4 Å². The van der Waals surface area contributed by atoms with Crippen LogP contribution in [-0.4, -0.2) is 70.6 Å². The highest BCUT2D eigenvalue weighted by atomic mass is 16.5. The topological polar surface area (TPSA) is 89.4 Å². The Morgan fingerprint density at radius 1 is 1.03 bits per heavy atom. The summed E-state index contributed by atoms with van der Waals surface area (Å²) in [6.45, 7) is 9.09. The number of aromatic nitrogens is 4. The van der Waals surface area contributed by atoms with Crippen molar-refractivity contribution in [2.75, 3.05) is 56.6 Å². The molecule has 9 nitrogen and oxygen atoms in total. The van der Waals surface area contributed by atoms with Gasteiger partial charge in [0.15, 0.2) is 5.65 Å². The third kappa shape index (κ3) is 6.62. The Morgan fingerprint density at radius 3 is 2.73 bits per heavy atom. The second kappa shape index (κ2) is 12.6. The van der Waals surface area contributed by atoms with Crippen molar-refractivity contribution in [3.8, 4) is 11.3 Å². The standard InChI is InChI=1S/C28H35N7O2/c1-2-15-37-21-35-27-25(20-31-28(32-27)29-11-12-34-13-16-36-17-14-34)26(33-35)23-9-6-10-24(18-23)30-19-22-7-4-3-5-8-22/h3-10,18,20,30H,2,11-17,19,21H2,1H3,(H,29,31,32). The van der Waals surface area contributed by atoms with Gasteiger partial charge in [-0.3, -0.25) is 4.90 Å². The number of anilines is 2. The minimum absolute atomic E-state index is 0.348. The van der Waals surface area contributed by atoms with Gasteiger partial charge in [0, 0.05) is 56.8 Å². The van der Waals surface area contributed by atoms with Crippen LogP contribution in [0.5, 0.6) is 0 Å². The minimum Gasteiger partial charge on any atom is -0.381 e. The molecule has 37 heavy (non-hydrogen) atoms. The van der Waals surface area contributed by atoms with Crippen molar-refractivity contribution < 1.29 is 9.47 Å². The average Bonchev–Trinajstić information content (AvgIpc) is 3.31. The van der Waals surface area contributed by atoms with E-state index in [0.29, 0.717) is 19.3 Å². The van der Waals surface area contributed by atoms with Gasteiger partial charge in [0.25, 0.3) is 0 Å². The molecule has 5 rings (SSSR count). The summed E-state index contributed by atoms with van der Waals surface area (Å²) in [5.41, 5.74) is 4.89. The van der Waals surface area contributed by atoms with Crippen molar-refractivity contribution in [1.82, 2.24) is 24.6 Å². The lowest BCUT2D eigenvalue weighted by atomic mass is 10.1. The quantitative estimate of drug-likeness (QED) is 0.279. The lowest BCUT2D eigenvalue weighted by molar-refractivity contribution is 0.0398. The number of benzene rings is 2. The van der Waals surface area contributed by atoms with Crippen molar-refractivity contribution >= 4 is 22.7 Å². The normalized spacial score (nSPS) is 14.2. The lowest BCUT2D eigenvalue weighted by Crippen LogP contribution is -2.39. The Kier molecular flexibility index (Phi) is 8.58. The second-order valence-corrected chi connectivity index (χ2v) is 9.12. The fraction of sp³-hybridized carbons (Fsp3) is 0.393. The monoisotopic (exact) mass is 501 g/mol. The van der Waals surface area contributed by atoms with Gasteiger partial charge in [-0.25, -0.2) is 9.67 Å². The molecule has 1 saturated heterocycles. The molecule has 1 aliphatic rings. The molecule has 9 heteroatoms. The van der Waals surface area contributed by atoms with Crippen molar-refractivity contribution in [2.24, 2.45) is 0 Å². The summed E-state index contributed by atoms with van der Waals surface area (Å²) in [7, 11) is 0. The van der Waals surface area contributed by atoms with Crippen LogP contribution in [0, 0.1) is 0 Å². The Morgan fingerprint density at radius 2 is 1.89 bits per heavy atom. The molecule has 0 radical (unpaired) electrons. The number of ether oxygens (including phenoxy) is 2. The van der Waals surface area contributed by atoms with Crippen LogP contribution >= 0.6 is 0 Å². The van der Waals surface area contributed by atoms with Crippen molar-refractivity contribution in [3.63, 3.8) is 0 Å². The number of nitrogens with one attached hydrogen (secondary N) is 2. The number of morpholine rings is 1. The summed E-state index contributed by atoms with van der Waals surface area (Å²) in [5, 5.41) is 12.7. The highest BCUT2D eigenvalue weighted by Gasteiger charge is 2.16. The first kappa shape index (κ1) is 25.1. The van der Waals surface area contributed by atoms with E-state index in [9.17, 15) is 0 Å². The van der Waals surface area contributed by atoms with E-state index in [-0.39, 0.29) is 0 Å². The molecule has 0 atom stereocenters. The second-order valence-electron chi connectivity index (χ2n) is 9.12. The minimum atomic E-state index is 0.348. The molecule has 0 aliphatic carbocycles. The van der Waals surface area contributed by atoms with E-state index >= 15 is 0 Å². The third-order valence-corrected chi connectivity index (χ3v) is 6.34. The molecule has 2 aromatic carbocycles. The maximum Gasteiger partial charge on any atom is 0.224 e. The first-order chi connectivity index (χ1) is 18.3. The maximum absolute atomic E-state index is 5.83. The predicted octanol–water partition coefficient (Wildman–Crippen LogP) is 4.23. The van der Waals surface area contributed by atoms with E-state index in [1.165, 1.54) is 5.56 Å². The molecule has 1 fully saturated rings. The van der Waals surface area contributed by atoms with Crippen LogP contribution in [0.4, 0.5) is 11.6 Å². The molecule has 0 unspecified atom stereocenters. The summed E-state index contributed by atoms with van der Waals surface area (Å²) in [6.07, 6.45) is 2.81. The SMILES string of the molecule is CCCOCn1nc(-c2cccc(NCc3ccccc3)c2)c2cnc(NCCN3CCOCC3)nc21. The predicted molar refractivity (Wildman–Crippen MR) is 147 cm³/mol. The Hall–Kier alpha value is -3.53. The molecule has 0 amide bonds. The van der Waals surface area contributed by atoms with Gasteiger partial charge >= 0.3 is 0 Å². The molecule has 2 aromatic heterocycles. The van der Waals surface area contributed by atoms with E-state index in [4.69, 9.17) is 19.6 Å². The largest absolute Gasteiger partial charge is 0.381 e. The molecule has 2 N–H and O–H groups in total. The fourth-order valence-corrected chi connectivity index (χ4v) is 4.37. The van der Waals surface area contributed by atoms with Crippen LogP contribution in [0.3, 0.4) is 0 Å². The number of hydrogen-bond donors (Lipinski definition) is 2. The first-order valence-corrected chi connectivity index (χ1v) is 13.0. The highest BCUT2D eigenvalue weighted by molar-refractivity contribution is 5.91. The van der Waals surface area contributed by atoms with E-state index in [1.807, 2.05) is 23.0 Å². The number of fused-ring (bicyclic) bond motifs is 1. The smallest absolute Gasteiger partial charge is 0.224 e. The molecule has 194 valence electrons. The summed E-state index contributed by atoms with van der Waals surface area (Å²) >= 11 is 0. The van der Waals surface area contributed by atoms with E-state index in [2.05, 4.69) is 69.9 Å². The zero-order valence-electron chi connectivity index (χ0n) is 21.4. The summed E-state index contributed by atoms with van der Waals surface area (Å²) in [4.78, 5) is 11.8. The highest BCUT2D eigenvalue weighted by Crippen LogP contribution is 2.29. The lowest BCUT2D eigenvalue weighted by Gasteiger charge is -2.26. The summed E-state index contributed by atoms with van der Waals surface area (Å²) < 4.78 is 13.1. The van der Waals surface area contributed by atoms with Crippen molar-refractivity contribution in [3.05, 3.63) is 66.4 Å². The molecular weight excluding hydrogens is 466 g/mol. The first-order valence-electron chi connectivity index (χ1n) is 13.0. The molecule has 4 aromatic rings. The molecule has 0 bridgehead atoms. The van der Waals surface area contributed by atoms with Crippen LogP contribution in [0.25, 0.3) is 22.3 Å². The van der Waals surface area contributed by atoms with Gasteiger partial charge in [-0.2, -0.15) is 10.1 Å². The van der Waals surface area contributed by atoms with E-state index in [1.54, 1.807) is 0 Å². The van der Waals surface area contributed by atoms with Gasteiger partial charge in [-0.15, -0.1) is 0 Å². The zero-order chi connectivity index (χ0) is 25.3. The van der Waals surface area contributed by atoms with Gasteiger partial charge in [0.2, 0.25) is 5.95 Å². The van der Waals surface area contributed by atoms with Gasteiger partial charge in [-0.05, 0) is 24.1 Å². The van der Waals surface area contributed by atoms with E-state index < -0.39 is 0 Å². The molecule has 0 saturated carbocycles. The van der Waals surface area contributed by atoms with Crippen LogP contribution in [-0.2, 0) is 22.7 Å². The van der Waals surface area contributed by atoms with Crippen LogP contribution < -0.4 is 10.6 Å². The van der Waals surface area contributed by atoms with Crippen LogP contribution in [0.1, 0.15) is 18.9 Å². The summed E-state index contributed by atoms with van der Waals surface area (Å²) in [5.74, 6) is 0.599. The van der Waals surface area contributed by atoms with Crippen molar-refractivity contribution in [2.45, 2.75) is 26.6 Å². The maximum atomic E-state index is 5.83. The Labute approximate surface area is 217 Å². The third-order valence-electron chi connectivity index (χ3n) is 6.34. The number of nitrogens with zero attached hydrogens (tertiary/aromatic N) is 5. The molecule has 0 spiro atoms. The van der Waals surface area contributed by atoms with Gasteiger partial charge in [0.05, 0.1) is 18.6 Å². The Bertz CT molecular complexity index is 1270. The fourth-order valence-electron chi connectivity index (χ4n) is 4.37. The number of rotatable bonds is 12. The zero-order valence-corrected chi connectivity index (χ0v) is 21.4.